The van der Waals surface area contributed by atoms with Crippen molar-refractivity contribution in [2.75, 3.05) is 36.7 Å². The first-order valence-corrected chi connectivity index (χ1v) is 13.2. The number of hydrogen-bond donors (Lipinski definition) is 2. The van der Waals surface area contributed by atoms with E-state index in [0.29, 0.717) is 23.4 Å². The summed E-state index contributed by atoms with van der Waals surface area (Å²) in [5.74, 6) is 2.12. The van der Waals surface area contributed by atoms with E-state index >= 15 is 0 Å². The number of likely N-dealkylation sites (N-methyl/N-ethyl adjacent to an activating group) is 1. The SMILES string of the molecule is CN1CCc2ccc(Nc3ncc(I)c(Nc4cccc(N=S(C)(C)=O)n4)n3)cc2C1. The van der Waals surface area contributed by atoms with E-state index in [1.807, 2.05) is 12.1 Å². The number of hydrogen-bond acceptors (Lipinski definition) is 8. The van der Waals surface area contributed by atoms with Gasteiger partial charge in [-0.25, -0.2) is 14.2 Å². The lowest BCUT2D eigenvalue weighted by Crippen LogP contribution is -2.26. The molecule has 3 heterocycles. The molecule has 0 bridgehead atoms. The summed E-state index contributed by atoms with van der Waals surface area (Å²) in [6.45, 7) is 2.03. The molecule has 1 aliphatic rings. The van der Waals surface area contributed by atoms with E-state index in [0.717, 1.165) is 28.8 Å². The number of halogens is 1. The summed E-state index contributed by atoms with van der Waals surface area (Å²) in [5.41, 5.74) is 3.69. The Morgan fingerprint density at radius 2 is 1.97 bits per heavy atom. The maximum atomic E-state index is 11.9. The van der Waals surface area contributed by atoms with Crippen LogP contribution in [0.3, 0.4) is 0 Å². The van der Waals surface area contributed by atoms with Gasteiger partial charge in [0.25, 0.3) is 0 Å². The first-order chi connectivity index (χ1) is 14.7. The predicted molar refractivity (Wildman–Crippen MR) is 134 cm³/mol. The third-order valence-corrected chi connectivity index (χ3v) is 6.12. The van der Waals surface area contributed by atoms with Crippen molar-refractivity contribution in [3.8, 4) is 0 Å². The van der Waals surface area contributed by atoms with Crippen LogP contribution in [0, 0.1) is 3.57 Å². The lowest BCUT2D eigenvalue weighted by molar-refractivity contribution is 0.313. The van der Waals surface area contributed by atoms with Crippen LogP contribution in [0.1, 0.15) is 11.1 Å². The van der Waals surface area contributed by atoms with Crippen LogP contribution >= 0.6 is 22.6 Å². The number of fused-ring (bicyclic) bond motifs is 1. The Hall–Kier alpha value is -2.31. The van der Waals surface area contributed by atoms with Crippen molar-refractivity contribution in [1.82, 2.24) is 19.9 Å². The van der Waals surface area contributed by atoms with E-state index in [9.17, 15) is 4.21 Å². The molecule has 0 atom stereocenters. The van der Waals surface area contributed by atoms with Crippen LogP contribution in [-0.4, -0.2) is 50.2 Å². The van der Waals surface area contributed by atoms with Gasteiger partial charge in [-0.15, -0.1) is 0 Å². The summed E-state index contributed by atoms with van der Waals surface area (Å²) in [6.07, 6.45) is 5.99. The van der Waals surface area contributed by atoms with Crippen LogP contribution in [0.5, 0.6) is 0 Å². The van der Waals surface area contributed by atoms with Crippen molar-refractivity contribution in [3.63, 3.8) is 0 Å². The maximum absolute atomic E-state index is 11.9. The molecule has 3 aromatic rings. The molecule has 0 radical (unpaired) electrons. The second kappa shape index (κ2) is 9.05. The smallest absolute Gasteiger partial charge is 0.229 e. The van der Waals surface area contributed by atoms with Gasteiger partial charge in [0.15, 0.2) is 11.6 Å². The highest BCUT2D eigenvalue weighted by molar-refractivity contribution is 14.1. The zero-order valence-electron chi connectivity index (χ0n) is 17.6. The predicted octanol–water partition coefficient (Wildman–Crippen LogP) is 4.31. The molecule has 162 valence electrons. The fourth-order valence-corrected chi connectivity index (χ4v) is 4.26. The monoisotopic (exact) mass is 549 g/mol. The fourth-order valence-electron chi connectivity index (χ4n) is 3.31. The highest BCUT2D eigenvalue weighted by Gasteiger charge is 2.14. The molecular formula is C21H24IN7OS. The normalized spacial score (nSPS) is 14.1. The standard InChI is InChI=1S/C21H24IN7OS/c1-29-10-9-14-7-8-16(11-15(14)13-29)24-21-23-12-17(22)20(27-21)26-18-5-4-6-19(25-18)28-31(2,3)30/h4-8,11-12H,9-10,13H2,1-3H3,(H2,23,24,25,26,27). The molecule has 0 unspecified atom stereocenters. The third kappa shape index (κ3) is 5.89. The quantitative estimate of drug-likeness (QED) is 0.458. The molecule has 31 heavy (non-hydrogen) atoms. The Morgan fingerprint density at radius 1 is 1.13 bits per heavy atom. The van der Waals surface area contributed by atoms with Crippen LogP contribution in [0.4, 0.5) is 29.1 Å². The third-order valence-electron chi connectivity index (χ3n) is 4.70. The van der Waals surface area contributed by atoms with Crippen molar-refractivity contribution in [2.24, 2.45) is 4.36 Å². The van der Waals surface area contributed by atoms with Crippen molar-refractivity contribution < 1.29 is 4.21 Å². The minimum Gasteiger partial charge on any atom is -0.324 e. The fraction of sp³-hybridized carbons (Fsp3) is 0.286. The highest BCUT2D eigenvalue weighted by atomic mass is 127. The molecule has 10 heteroatoms. The molecule has 1 aromatic carbocycles. The Bertz CT molecular complexity index is 1230. The number of pyridine rings is 1. The van der Waals surface area contributed by atoms with Gasteiger partial charge in [0, 0.05) is 47.2 Å². The molecule has 0 saturated heterocycles. The lowest BCUT2D eigenvalue weighted by atomic mass is 9.99. The highest BCUT2D eigenvalue weighted by Crippen LogP contribution is 2.26. The summed E-state index contributed by atoms with van der Waals surface area (Å²) in [5, 5.41) is 6.51. The van der Waals surface area contributed by atoms with E-state index in [1.54, 1.807) is 24.8 Å². The van der Waals surface area contributed by atoms with Crippen molar-refractivity contribution in [1.29, 1.82) is 0 Å². The minimum absolute atomic E-state index is 0.418. The number of nitrogens with zero attached hydrogens (tertiary/aromatic N) is 5. The van der Waals surface area contributed by atoms with E-state index < -0.39 is 9.73 Å². The molecule has 0 fully saturated rings. The van der Waals surface area contributed by atoms with Crippen molar-refractivity contribution in [2.45, 2.75) is 13.0 Å². The summed E-state index contributed by atoms with van der Waals surface area (Å²) < 4.78 is 17.0. The molecule has 0 aliphatic carbocycles. The Kier molecular flexibility index (Phi) is 6.39. The van der Waals surface area contributed by atoms with Crippen LogP contribution in [-0.2, 0) is 22.7 Å². The molecule has 2 aromatic heterocycles. The van der Waals surface area contributed by atoms with Gasteiger partial charge in [-0.3, -0.25) is 0 Å². The number of anilines is 4. The Labute approximate surface area is 196 Å². The maximum Gasteiger partial charge on any atom is 0.229 e. The van der Waals surface area contributed by atoms with E-state index in [-0.39, 0.29) is 0 Å². The van der Waals surface area contributed by atoms with Crippen molar-refractivity contribution in [3.05, 3.63) is 57.3 Å². The van der Waals surface area contributed by atoms with Gasteiger partial charge >= 0.3 is 0 Å². The summed E-state index contributed by atoms with van der Waals surface area (Å²) in [6, 6.07) is 11.8. The molecular weight excluding hydrogens is 525 g/mol. The molecule has 0 amide bonds. The van der Waals surface area contributed by atoms with Gasteiger partial charge in [-0.2, -0.15) is 9.35 Å². The minimum atomic E-state index is -2.28. The van der Waals surface area contributed by atoms with Gasteiger partial charge in [-0.1, -0.05) is 12.1 Å². The first-order valence-electron chi connectivity index (χ1n) is 9.76. The van der Waals surface area contributed by atoms with Gasteiger partial charge in [-0.05, 0) is 71.5 Å². The molecule has 0 spiro atoms. The van der Waals surface area contributed by atoms with Gasteiger partial charge in [0.05, 0.1) is 3.57 Å². The topological polar surface area (TPSA) is 95.4 Å². The van der Waals surface area contributed by atoms with Gasteiger partial charge < -0.3 is 15.5 Å². The van der Waals surface area contributed by atoms with E-state index in [2.05, 4.69) is 82.7 Å². The molecule has 8 nitrogen and oxygen atoms in total. The molecule has 2 N–H and O–H groups in total. The number of nitrogens with one attached hydrogen (secondary N) is 2. The summed E-state index contributed by atoms with van der Waals surface area (Å²) in [4.78, 5) is 15.8. The Morgan fingerprint density at radius 3 is 2.77 bits per heavy atom. The van der Waals surface area contributed by atoms with Gasteiger partial charge in [0.1, 0.15) is 5.82 Å². The van der Waals surface area contributed by atoms with Crippen molar-refractivity contribution >= 4 is 61.4 Å². The molecule has 4 rings (SSSR count). The zero-order valence-corrected chi connectivity index (χ0v) is 20.6. The number of rotatable bonds is 5. The van der Waals surface area contributed by atoms with E-state index in [1.165, 1.54) is 11.1 Å². The first kappa shape index (κ1) is 21.9. The largest absolute Gasteiger partial charge is 0.324 e. The van der Waals surface area contributed by atoms with Crippen LogP contribution in [0.2, 0.25) is 0 Å². The van der Waals surface area contributed by atoms with E-state index in [4.69, 9.17) is 0 Å². The number of aromatic nitrogens is 3. The summed E-state index contributed by atoms with van der Waals surface area (Å²) in [7, 11) is -0.144. The zero-order chi connectivity index (χ0) is 22.0. The molecule has 1 aliphatic heterocycles. The average Bonchev–Trinajstić information content (AvgIpc) is 2.69. The second-order valence-corrected chi connectivity index (χ2v) is 11.5. The second-order valence-electron chi connectivity index (χ2n) is 7.77. The van der Waals surface area contributed by atoms with Gasteiger partial charge in [0.2, 0.25) is 5.95 Å². The molecule has 0 saturated carbocycles. The Balaban J connectivity index is 1.55. The summed E-state index contributed by atoms with van der Waals surface area (Å²) >= 11 is 2.18. The average molecular weight is 549 g/mol. The lowest BCUT2D eigenvalue weighted by Gasteiger charge is -2.25. The van der Waals surface area contributed by atoms with Crippen LogP contribution < -0.4 is 10.6 Å². The van der Waals surface area contributed by atoms with Crippen LogP contribution in [0.25, 0.3) is 0 Å². The number of benzene rings is 1. The van der Waals surface area contributed by atoms with Crippen LogP contribution in [0.15, 0.2) is 47.0 Å².